The second-order valence-corrected chi connectivity index (χ2v) is 6.94. The van der Waals surface area contributed by atoms with Crippen molar-refractivity contribution in [3.8, 4) is 0 Å². The Morgan fingerprint density at radius 3 is 2.46 bits per heavy atom. The van der Waals surface area contributed by atoms with Crippen molar-refractivity contribution in [2.75, 3.05) is 24.5 Å². The molecule has 1 amide bonds. The normalized spacial score (nSPS) is 18.5. The van der Waals surface area contributed by atoms with Crippen LogP contribution in [0.5, 0.6) is 0 Å². The van der Waals surface area contributed by atoms with Gasteiger partial charge in [0.15, 0.2) is 0 Å². The largest absolute Gasteiger partial charge is 0.478 e. The van der Waals surface area contributed by atoms with Crippen LogP contribution in [0.1, 0.15) is 38.1 Å². The van der Waals surface area contributed by atoms with Gasteiger partial charge in [0.25, 0.3) is 0 Å². The summed E-state index contributed by atoms with van der Waals surface area (Å²) in [7, 11) is 0. The molecular weight excluding hydrogens is 315 g/mol. The molecule has 1 saturated heterocycles. The molecule has 2 rings (SSSR count). The van der Waals surface area contributed by atoms with Gasteiger partial charge in [-0.25, -0.2) is 14.0 Å². The molecule has 24 heavy (non-hydrogen) atoms. The van der Waals surface area contributed by atoms with E-state index in [1.807, 2.05) is 32.6 Å². The molecule has 1 aliphatic heterocycles. The van der Waals surface area contributed by atoms with Crippen molar-refractivity contribution >= 4 is 17.7 Å². The number of rotatable bonds is 2. The summed E-state index contributed by atoms with van der Waals surface area (Å²) >= 11 is 0. The van der Waals surface area contributed by atoms with E-state index in [-0.39, 0.29) is 17.7 Å². The standard InChI is InChI=1S/C17H23FN2O4/c1-11-10-19(16(23)24-17(2,3)4)7-8-20(11)12-5-6-13(15(21)22)14(18)9-12/h5-6,9,11H,7-8,10H2,1-4H3,(H,21,22)/t11-/m1/s1. The van der Waals surface area contributed by atoms with Crippen LogP contribution < -0.4 is 4.90 Å². The first-order valence-corrected chi connectivity index (χ1v) is 7.86. The number of piperazine rings is 1. The van der Waals surface area contributed by atoms with Gasteiger partial charge in [-0.05, 0) is 45.9 Å². The highest BCUT2D eigenvalue weighted by Gasteiger charge is 2.30. The number of amides is 1. The van der Waals surface area contributed by atoms with Crippen LogP contribution in [0.4, 0.5) is 14.9 Å². The van der Waals surface area contributed by atoms with E-state index in [4.69, 9.17) is 9.84 Å². The molecule has 132 valence electrons. The lowest BCUT2D eigenvalue weighted by Gasteiger charge is -2.41. The Morgan fingerprint density at radius 1 is 1.29 bits per heavy atom. The number of anilines is 1. The molecule has 1 aromatic carbocycles. The van der Waals surface area contributed by atoms with Crippen LogP contribution in [0, 0.1) is 5.82 Å². The molecule has 6 nitrogen and oxygen atoms in total. The number of halogens is 1. The SMILES string of the molecule is C[C@@H]1CN(C(=O)OC(C)(C)C)CCN1c1ccc(C(=O)O)c(F)c1. The lowest BCUT2D eigenvalue weighted by Crippen LogP contribution is -2.54. The third-order valence-electron chi connectivity index (χ3n) is 3.79. The molecule has 1 aromatic rings. The highest BCUT2D eigenvalue weighted by Crippen LogP contribution is 2.24. The molecule has 0 bridgehead atoms. The number of hydrogen-bond acceptors (Lipinski definition) is 4. The average molecular weight is 338 g/mol. The Bertz CT molecular complexity index is 642. The van der Waals surface area contributed by atoms with E-state index in [1.54, 1.807) is 11.0 Å². The number of benzene rings is 1. The van der Waals surface area contributed by atoms with Gasteiger partial charge >= 0.3 is 12.1 Å². The van der Waals surface area contributed by atoms with Crippen molar-refractivity contribution in [2.24, 2.45) is 0 Å². The van der Waals surface area contributed by atoms with Crippen molar-refractivity contribution in [3.63, 3.8) is 0 Å². The highest BCUT2D eigenvalue weighted by molar-refractivity contribution is 5.88. The van der Waals surface area contributed by atoms with Crippen LogP contribution in [0.3, 0.4) is 0 Å². The number of carboxylic acids is 1. The molecule has 0 aromatic heterocycles. The zero-order chi connectivity index (χ0) is 18.1. The van der Waals surface area contributed by atoms with Gasteiger partial charge in [-0.3, -0.25) is 0 Å². The van der Waals surface area contributed by atoms with Gasteiger partial charge < -0.3 is 19.6 Å². The van der Waals surface area contributed by atoms with Crippen LogP contribution in [0.2, 0.25) is 0 Å². The fourth-order valence-corrected chi connectivity index (χ4v) is 2.69. The topological polar surface area (TPSA) is 70.1 Å². The van der Waals surface area contributed by atoms with Gasteiger partial charge in [0.05, 0.1) is 5.56 Å². The Hall–Kier alpha value is -2.31. The van der Waals surface area contributed by atoms with Crippen molar-refractivity contribution in [3.05, 3.63) is 29.6 Å². The number of carboxylic acid groups (broad SMARTS) is 1. The van der Waals surface area contributed by atoms with Gasteiger partial charge in [-0.1, -0.05) is 0 Å². The molecule has 7 heteroatoms. The van der Waals surface area contributed by atoms with E-state index in [1.165, 1.54) is 12.1 Å². The van der Waals surface area contributed by atoms with Gasteiger partial charge in [-0.15, -0.1) is 0 Å². The van der Waals surface area contributed by atoms with Crippen LogP contribution >= 0.6 is 0 Å². The van der Waals surface area contributed by atoms with E-state index in [9.17, 15) is 14.0 Å². The van der Waals surface area contributed by atoms with Crippen LogP contribution in [0.15, 0.2) is 18.2 Å². The number of hydrogen-bond donors (Lipinski definition) is 1. The summed E-state index contributed by atoms with van der Waals surface area (Å²) in [4.78, 5) is 26.6. The lowest BCUT2D eigenvalue weighted by molar-refractivity contribution is 0.0218. The maximum Gasteiger partial charge on any atom is 0.410 e. The summed E-state index contributed by atoms with van der Waals surface area (Å²) in [5.41, 5.74) is -0.291. The fraction of sp³-hybridized carbons (Fsp3) is 0.529. The minimum Gasteiger partial charge on any atom is -0.478 e. The maximum atomic E-state index is 13.9. The predicted octanol–water partition coefficient (Wildman–Crippen LogP) is 2.97. The maximum absolute atomic E-state index is 13.9. The first-order chi connectivity index (χ1) is 11.1. The molecule has 1 heterocycles. The summed E-state index contributed by atoms with van der Waals surface area (Å²) < 4.78 is 19.3. The van der Waals surface area contributed by atoms with Crippen molar-refractivity contribution in [1.29, 1.82) is 0 Å². The molecule has 0 radical (unpaired) electrons. The quantitative estimate of drug-likeness (QED) is 0.898. The highest BCUT2D eigenvalue weighted by atomic mass is 19.1. The Morgan fingerprint density at radius 2 is 1.96 bits per heavy atom. The van der Waals surface area contributed by atoms with E-state index < -0.39 is 17.4 Å². The van der Waals surface area contributed by atoms with Gasteiger partial charge in [-0.2, -0.15) is 0 Å². The summed E-state index contributed by atoms with van der Waals surface area (Å²) in [6, 6.07) is 4.04. The summed E-state index contributed by atoms with van der Waals surface area (Å²) in [5.74, 6) is -2.05. The van der Waals surface area contributed by atoms with E-state index in [0.717, 1.165) is 0 Å². The predicted molar refractivity (Wildman–Crippen MR) is 88.0 cm³/mol. The van der Waals surface area contributed by atoms with Gasteiger partial charge in [0.2, 0.25) is 0 Å². The first kappa shape index (κ1) is 18.0. The molecule has 1 N–H and O–H groups in total. The zero-order valence-corrected chi connectivity index (χ0v) is 14.4. The zero-order valence-electron chi connectivity index (χ0n) is 14.4. The lowest BCUT2D eigenvalue weighted by atomic mass is 10.1. The first-order valence-electron chi connectivity index (χ1n) is 7.86. The van der Waals surface area contributed by atoms with Crippen LogP contribution in [-0.2, 0) is 4.74 Å². The molecule has 0 saturated carbocycles. The summed E-state index contributed by atoms with van der Waals surface area (Å²) in [5, 5.41) is 8.90. The number of carbonyl (C=O) groups is 2. The van der Waals surface area contributed by atoms with Crippen molar-refractivity contribution in [1.82, 2.24) is 4.90 Å². The number of carbonyl (C=O) groups excluding carboxylic acids is 1. The van der Waals surface area contributed by atoms with E-state index in [2.05, 4.69) is 0 Å². The summed E-state index contributed by atoms with van der Waals surface area (Å²) in [6.45, 7) is 8.82. The Labute approximate surface area is 140 Å². The third kappa shape index (κ3) is 4.15. The molecule has 0 spiro atoms. The number of aromatic carboxylic acids is 1. The van der Waals surface area contributed by atoms with Crippen LogP contribution in [0.25, 0.3) is 0 Å². The molecule has 1 fully saturated rings. The second kappa shape index (κ2) is 6.67. The monoisotopic (exact) mass is 338 g/mol. The molecule has 0 unspecified atom stereocenters. The molecule has 0 aliphatic carbocycles. The van der Waals surface area contributed by atoms with E-state index in [0.29, 0.717) is 25.3 Å². The van der Waals surface area contributed by atoms with E-state index >= 15 is 0 Å². The van der Waals surface area contributed by atoms with Crippen LogP contribution in [-0.4, -0.2) is 53.3 Å². The van der Waals surface area contributed by atoms with Gasteiger partial charge in [0, 0.05) is 31.4 Å². The van der Waals surface area contributed by atoms with Gasteiger partial charge in [0.1, 0.15) is 11.4 Å². The minimum atomic E-state index is -1.29. The fourth-order valence-electron chi connectivity index (χ4n) is 2.69. The number of ether oxygens (including phenoxy) is 1. The van der Waals surface area contributed by atoms with Crippen molar-refractivity contribution < 1.29 is 23.8 Å². The molecular formula is C17H23FN2O4. The third-order valence-corrected chi connectivity index (χ3v) is 3.79. The van der Waals surface area contributed by atoms with Crippen molar-refractivity contribution in [2.45, 2.75) is 39.3 Å². The number of nitrogens with zero attached hydrogens (tertiary/aromatic N) is 2. The Balaban J connectivity index is 2.07. The summed E-state index contributed by atoms with van der Waals surface area (Å²) in [6.07, 6.45) is -0.360. The second-order valence-electron chi connectivity index (χ2n) is 6.94. The minimum absolute atomic E-state index is 0.0404. The average Bonchev–Trinajstić information content (AvgIpc) is 2.44. The Kier molecular flexibility index (Phi) is 5.01. The molecule has 1 aliphatic rings. The smallest absolute Gasteiger partial charge is 0.410 e. The molecule has 1 atom stereocenters.